The van der Waals surface area contributed by atoms with Crippen molar-refractivity contribution < 1.29 is 13.9 Å². The van der Waals surface area contributed by atoms with E-state index in [2.05, 4.69) is 9.97 Å². The van der Waals surface area contributed by atoms with Crippen LogP contribution in [0, 0.1) is 11.3 Å². The van der Waals surface area contributed by atoms with Crippen molar-refractivity contribution in [1.29, 1.82) is 5.26 Å². The summed E-state index contributed by atoms with van der Waals surface area (Å²) in [5, 5.41) is 9.94. The molecule has 0 saturated carbocycles. The molecule has 2 aromatic heterocycles. The Morgan fingerprint density at radius 1 is 1.24 bits per heavy atom. The predicted molar refractivity (Wildman–Crippen MR) is 74.6 cm³/mol. The number of fused-ring (bicyclic) bond motifs is 1. The smallest absolute Gasteiger partial charge is 0.267 e. The third-order valence-electron chi connectivity index (χ3n) is 2.78. The second kappa shape index (κ2) is 5.31. The van der Waals surface area contributed by atoms with Crippen LogP contribution in [0.25, 0.3) is 11.0 Å². The molecule has 3 rings (SSSR count). The van der Waals surface area contributed by atoms with E-state index in [4.69, 9.17) is 30.8 Å². The summed E-state index contributed by atoms with van der Waals surface area (Å²) in [7, 11) is 1.43. The number of benzene rings is 1. The first-order valence-electron chi connectivity index (χ1n) is 5.88. The molecule has 1 aromatic carbocycles. The molecule has 2 heterocycles. The van der Waals surface area contributed by atoms with Crippen LogP contribution in [0.15, 0.2) is 35.0 Å². The number of para-hydroxylation sites is 1. The van der Waals surface area contributed by atoms with Crippen molar-refractivity contribution in [2.45, 2.75) is 0 Å². The maximum atomic E-state index is 9.16. The number of hydrogen-bond acceptors (Lipinski definition) is 6. The van der Waals surface area contributed by atoms with Crippen molar-refractivity contribution in [1.82, 2.24) is 9.97 Å². The number of halogens is 1. The number of methoxy groups -OCH3 is 1. The summed E-state index contributed by atoms with van der Waals surface area (Å²) in [6.07, 6.45) is 1.24. The Labute approximate surface area is 124 Å². The first-order chi connectivity index (χ1) is 10.2. The number of hydrogen-bond donors (Lipinski definition) is 0. The Balaban J connectivity index is 2.15. The Morgan fingerprint density at radius 2 is 2.05 bits per heavy atom. The van der Waals surface area contributed by atoms with Crippen molar-refractivity contribution in [3.8, 4) is 23.4 Å². The highest BCUT2D eigenvalue weighted by atomic mass is 35.5. The SMILES string of the molecule is COc1c(Cl)ncnc1Oc1c(C#N)oc2ccccc12. The Morgan fingerprint density at radius 3 is 2.81 bits per heavy atom. The van der Waals surface area contributed by atoms with Gasteiger partial charge >= 0.3 is 0 Å². The zero-order valence-corrected chi connectivity index (χ0v) is 11.6. The monoisotopic (exact) mass is 301 g/mol. The molecule has 0 aliphatic rings. The number of rotatable bonds is 3. The van der Waals surface area contributed by atoms with Crippen molar-refractivity contribution in [2.75, 3.05) is 7.11 Å². The van der Waals surface area contributed by atoms with Gasteiger partial charge in [-0.25, -0.2) is 4.98 Å². The molecule has 0 bridgehead atoms. The summed E-state index contributed by atoms with van der Waals surface area (Å²) in [5.74, 6) is 0.614. The van der Waals surface area contributed by atoms with Gasteiger partial charge in [-0.1, -0.05) is 23.7 Å². The van der Waals surface area contributed by atoms with Gasteiger partial charge in [0.15, 0.2) is 10.9 Å². The molecule has 0 spiro atoms. The average molecular weight is 302 g/mol. The maximum absolute atomic E-state index is 9.16. The van der Waals surface area contributed by atoms with Crippen LogP contribution in [-0.2, 0) is 0 Å². The van der Waals surface area contributed by atoms with E-state index in [-0.39, 0.29) is 28.3 Å². The van der Waals surface area contributed by atoms with Gasteiger partial charge in [-0.2, -0.15) is 10.2 Å². The van der Waals surface area contributed by atoms with Crippen LogP contribution in [0.3, 0.4) is 0 Å². The van der Waals surface area contributed by atoms with E-state index in [1.54, 1.807) is 18.2 Å². The molecular formula is C14H8ClN3O3. The second-order valence-corrected chi connectivity index (χ2v) is 4.33. The first-order valence-corrected chi connectivity index (χ1v) is 6.26. The maximum Gasteiger partial charge on any atom is 0.267 e. The molecule has 0 aliphatic carbocycles. The van der Waals surface area contributed by atoms with Crippen LogP contribution in [-0.4, -0.2) is 17.1 Å². The van der Waals surface area contributed by atoms with E-state index >= 15 is 0 Å². The number of furan rings is 1. The minimum atomic E-state index is 0.0491. The molecule has 7 heteroatoms. The zero-order chi connectivity index (χ0) is 14.8. The van der Waals surface area contributed by atoms with Gasteiger partial charge in [0.05, 0.1) is 12.5 Å². The lowest BCUT2D eigenvalue weighted by atomic mass is 10.2. The van der Waals surface area contributed by atoms with Gasteiger partial charge in [0.25, 0.3) is 5.88 Å². The van der Waals surface area contributed by atoms with Crippen LogP contribution in [0.5, 0.6) is 17.4 Å². The van der Waals surface area contributed by atoms with Crippen LogP contribution in [0.4, 0.5) is 0 Å². The number of aromatic nitrogens is 2. The van der Waals surface area contributed by atoms with Gasteiger partial charge in [-0.3, -0.25) is 0 Å². The number of ether oxygens (including phenoxy) is 2. The standard InChI is InChI=1S/C14H8ClN3O3/c1-19-12-13(15)17-7-18-14(12)21-11-8-4-2-3-5-9(8)20-10(11)6-16/h2-5,7H,1H3. The minimum Gasteiger partial charge on any atom is -0.489 e. The molecular weight excluding hydrogens is 294 g/mol. The van der Waals surface area contributed by atoms with E-state index in [0.29, 0.717) is 11.0 Å². The zero-order valence-electron chi connectivity index (χ0n) is 10.8. The number of nitriles is 1. The highest BCUT2D eigenvalue weighted by Crippen LogP contribution is 2.39. The molecule has 0 radical (unpaired) electrons. The minimum absolute atomic E-state index is 0.0491. The molecule has 0 unspecified atom stereocenters. The van der Waals surface area contributed by atoms with E-state index in [1.165, 1.54) is 13.4 Å². The molecule has 21 heavy (non-hydrogen) atoms. The summed E-state index contributed by atoms with van der Waals surface area (Å²) in [4.78, 5) is 7.78. The molecule has 0 N–H and O–H groups in total. The molecule has 0 aliphatic heterocycles. The molecule has 0 fully saturated rings. The Kier molecular flexibility index (Phi) is 3.34. The van der Waals surface area contributed by atoms with E-state index in [9.17, 15) is 0 Å². The lowest BCUT2D eigenvalue weighted by Gasteiger charge is -2.08. The first kappa shape index (κ1) is 13.2. The van der Waals surface area contributed by atoms with Gasteiger partial charge in [0.1, 0.15) is 18.0 Å². The highest BCUT2D eigenvalue weighted by molar-refractivity contribution is 6.31. The van der Waals surface area contributed by atoms with Gasteiger partial charge < -0.3 is 13.9 Å². The Bertz CT molecular complexity index is 854. The lowest BCUT2D eigenvalue weighted by Crippen LogP contribution is -1.96. The topological polar surface area (TPSA) is 81.2 Å². The fraction of sp³-hybridized carbons (Fsp3) is 0.0714. The fourth-order valence-corrected chi connectivity index (χ4v) is 2.08. The molecule has 3 aromatic rings. The lowest BCUT2D eigenvalue weighted by molar-refractivity contribution is 0.365. The van der Waals surface area contributed by atoms with Gasteiger partial charge in [-0.15, -0.1) is 0 Å². The summed E-state index contributed by atoms with van der Waals surface area (Å²) < 4.78 is 16.2. The summed E-state index contributed by atoms with van der Waals surface area (Å²) in [6, 6.07) is 9.09. The van der Waals surface area contributed by atoms with Crippen LogP contribution >= 0.6 is 11.6 Å². The third kappa shape index (κ3) is 2.24. The van der Waals surface area contributed by atoms with Crippen LogP contribution in [0.2, 0.25) is 5.15 Å². The van der Waals surface area contributed by atoms with Crippen LogP contribution < -0.4 is 9.47 Å². The Hall–Kier alpha value is -2.78. The second-order valence-electron chi connectivity index (χ2n) is 3.97. The van der Waals surface area contributed by atoms with Crippen LogP contribution in [0.1, 0.15) is 5.76 Å². The van der Waals surface area contributed by atoms with Crippen molar-refractivity contribution in [2.24, 2.45) is 0 Å². The van der Waals surface area contributed by atoms with Crippen molar-refractivity contribution in [3.63, 3.8) is 0 Å². The largest absolute Gasteiger partial charge is 0.489 e. The molecule has 0 amide bonds. The van der Waals surface area contributed by atoms with E-state index in [0.717, 1.165) is 0 Å². The van der Waals surface area contributed by atoms with E-state index in [1.807, 2.05) is 12.1 Å². The van der Waals surface area contributed by atoms with Crippen molar-refractivity contribution in [3.05, 3.63) is 41.5 Å². The van der Waals surface area contributed by atoms with Gasteiger partial charge in [-0.05, 0) is 12.1 Å². The highest BCUT2D eigenvalue weighted by Gasteiger charge is 2.20. The third-order valence-corrected chi connectivity index (χ3v) is 3.05. The van der Waals surface area contributed by atoms with Gasteiger partial charge in [0.2, 0.25) is 11.5 Å². The summed E-state index contributed by atoms with van der Waals surface area (Å²) in [6.45, 7) is 0. The van der Waals surface area contributed by atoms with E-state index < -0.39 is 0 Å². The summed E-state index contributed by atoms with van der Waals surface area (Å²) in [5.41, 5.74) is 0.545. The molecule has 0 saturated heterocycles. The number of nitrogens with zero attached hydrogens (tertiary/aromatic N) is 3. The quantitative estimate of drug-likeness (QED) is 0.688. The average Bonchev–Trinajstić information content (AvgIpc) is 2.86. The van der Waals surface area contributed by atoms with Crippen molar-refractivity contribution >= 4 is 22.6 Å². The fourth-order valence-electron chi connectivity index (χ4n) is 1.88. The summed E-state index contributed by atoms with van der Waals surface area (Å²) >= 11 is 5.92. The molecule has 6 nitrogen and oxygen atoms in total. The van der Waals surface area contributed by atoms with Gasteiger partial charge in [0, 0.05) is 0 Å². The molecule has 0 atom stereocenters. The predicted octanol–water partition coefficient (Wildman–Crippen LogP) is 3.55. The molecule has 104 valence electrons. The normalized spacial score (nSPS) is 10.3.